The smallest absolute Gasteiger partial charge is 0.224 e. The van der Waals surface area contributed by atoms with Crippen molar-refractivity contribution in [2.75, 3.05) is 49.7 Å². The Morgan fingerprint density at radius 2 is 1.71 bits per heavy atom. The molecule has 1 aromatic carbocycles. The Labute approximate surface area is 197 Å². The third-order valence-corrected chi connectivity index (χ3v) is 6.06. The number of hydrogen-bond acceptors (Lipinski definition) is 8. The van der Waals surface area contributed by atoms with Gasteiger partial charge in [-0.2, -0.15) is 5.10 Å². The topological polar surface area (TPSA) is 104 Å². The van der Waals surface area contributed by atoms with Gasteiger partial charge in [0.05, 0.1) is 18.9 Å². The summed E-state index contributed by atoms with van der Waals surface area (Å²) in [6, 6.07) is 9.31. The first-order valence-corrected chi connectivity index (χ1v) is 11.5. The molecule has 0 spiro atoms. The van der Waals surface area contributed by atoms with Crippen molar-refractivity contribution in [2.45, 2.75) is 26.7 Å². The zero-order valence-electron chi connectivity index (χ0n) is 19.4. The molecule has 2 aliphatic rings. The van der Waals surface area contributed by atoms with Crippen LogP contribution in [0.3, 0.4) is 0 Å². The van der Waals surface area contributed by atoms with Crippen molar-refractivity contribution in [1.29, 1.82) is 0 Å². The minimum atomic E-state index is -0.0714. The second-order valence-corrected chi connectivity index (χ2v) is 8.32. The van der Waals surface area contributed by atoms with Crippen LogP contribution in [0, 0.1) is 13.8 Å². The lowest BCUT2D eigenvalue weighted by atomic mass is 10.1. The first-order valence-electron chi connectivity index (χ1n) is 11.5. The molecular weight excluding hydrogens is 436 g/mol. The molecule has 1 N–H and O–H groups in total. The number of rotatable bonds is 6. The molecule has 4 heterocycles. The van der Waals surface area contributed by atoms with E-state index in [0.29, 0.717) is 62.3 Å². The molecule has 0 atom stereocenters. The number of benzene rings is 1. The van der Waals surface area contributed by atoms with Crippen LogP contribution in [0.25, 0.3) is 5.82 Å². The van der Waals surface area contributed by atoms with Crippen molar-refractivity contribution >= 4 is 17.4 Å². The molecule has 2 aromatic heterocycles. The molecule has 178 valence electrons. The molecule has 1 amide bonds. The molecule has 1 fully saturated rings. The molecule has 2 aliphatic heterocycles. The fourth-order valence-electron chi connectivity index (χ4n) is 4.24. The number of carbonyl (C=O) groups excluding carboxylic acids is 1. The van der Waals surface area contributed by atoms with Crippen LogP contribution in [0.2, 0.25) is 0 Å². The van der Waals surface area contributed by atoms with Gasteiger partial charge in [0.2, 0.25) is 5.91 Å². The Kier molecular flexibility index (Phi) is 6.31. The highest BCUT2D eigenvalue weighted by Crippen LogP contribution is 2.32. The normalized spacial score (nSPS) is 15.3. The monoisotopic (exact) mass is 464 g/mol. The van der Waals surface area contributed by atoms with Gasteiger partial charge >= 0.3 is 0 Å². The van der Waals surface area contributed by atoms with Crippen LogP contribution in [0.4, 0.5) is 11.5 Å². The van der Waals surface area contributed by atoms with E-state index in [9.17, 15) is 4.79 Å². The van der Waals surface area contributed by atoms with Gasteiger partial charge in [-0.05, 0) is 50.1 Å². The van der Waals surface area contributed by atoms with Gasteiger partial charge in [0, 0.05) is 37.0 Å². The number of fused-ring (bicyclic) bond motifs is 1. The third kappa shape index (κ3) is 4.67. The van der Waals surface area contributed by atoms with Crippen molar-refractivity contribution in [3.05, 3.63) is 47.3 Å². The number of ether oxygens (including phenoxy) is 3. The van der Waals surface area contributed by atoms with E-state index in [1.54, 1.807) is 10.7 Å². The first kappa shape index (κ1) is 22.1. The largest absolute Gasteiger partial charge is 0.486 e. The molecule has 1 saturated heterocycles. The second-order valence-electron chi connectivity index (χ2n) is 8.32. The van der Waals surface area contributed by atoms with Crippen LogP contribution in [0.1, 0.15) is 23.4 Å². The van der Waals surface area contributed by atoms with Gasteiger partial charge in [-0.25, -0.2) is 4.68 Å². The minimum Gasteiger partial charge on any atom is -0.486 e. The summed E-state index contributed by atoms with van der Waals surface area (Å²) in [4.78, 5) is 14.8. The summed E-state index contributed by atoms with van der Waals surface area (Å²) in [6.07, 6.45) is 0.913. The fourth-order valence-corrected chi connectivity index (χ4v) is 4.24. The predicted molar refractivity (Wildman–Crippen MR) is 126 cm³/mol. The molecule has 3 aromatic rings. The zero-order valence-corrected chi connectivity index (χ0v) is 19.4. The van der Waals surface area contributed by atoms with Gasteiger partial charge < -0.3 is 24.4 Å². The Morgan fingerprint density at radius 1 is 0.971 bits per heavy atom. The summed E-state index contributed by atoms with van der Waals surface area (Å²) in [7, 11) is 0. The van der Waals surface area contributed by atoms with E-state index in [0.717, 1.165) is 35.9 Å². The highest BCUT2D eigenvalue weighted by molar-refractivity contribution is 5.91. The molecule has 0 bridgehead atoms. The number of carbonyl (C=O) groups is 1. The number of hydrogen-bond donors (Lipinski definition) is 1. The van der Waals surface area contributed by atoms with Crippen molar-refractivity contribution < 1.29 is 19.0 Å². The van der Waals surface area contributed by atoms with Crippen LogP contribution in [-0.2, 0) is 16.0 Å². The van der Waals surface area contributed by atoms with Gasteiger partial charge in [0.1, 0.15) is 13.2 Å². The van der Waals surface area contributed by atoms with E-state index in [2.05, 4.69) is 25.5 Å². The van der Waals surface area contributed by atoms with Crippen molar-refractivity contribution in [2.24, 2.45) is 0 Å². The molecule has 0 aliphatic carbocycles. The van der Waals surface area contributed by atoms with Crippen molar-refractivity contribution in [3.63, 3.8) is 0 Å². The maximum absolute atomic E-state index is 12.6. The molecule has 0 unspecified atom stereocenters. The molecule has 0 saturated carbocycles. The number of aromatic nitrogens is 4. The summed E-state index contributed by atoms with van der Waals surface area (Å²) in [5, 5.41) is 16.4. The number of nitrogens with one attached hydrogen (secondary N) is 1. The molecule has 5 rings (SSSR count). The minimum absolute atomic E-state index is 0.0714. The Balaban J connectivity index is 1.23. The van der Waals surface area contributed by atoms with Crippen LogP contribution >= 0.6 is 0 Å². The number of aryl methyl sites for hydroxylation is 1. The molecule has 10 heteroatoms. The van der Waals surface area contributed by atoms with Crippen LogP contribution in [0.15, 0.2) is 30.3 Å². The average Bonchev–Trinajstić information content (AvgIpc) is 3.16. The number of nitrogens with zero attached hydrogens (tertiary/aromatic N) is 5. The molecule has 34 heavy (non-hydrogen) atoms. The highest BCUT2D eigenvalue weighted by atomic mass is 16.6. The Bertz CT molecular complexity index is 1170. The van der Waals surface area contributed by atoms with Gasteiger partial charge in [0.15, 0.2) is 23.1 Å². The molecular formula is C24H28N6O4. The fraction of sp³-hybridized carbons (Fsp3) is 0.417. The van der Waals surface area contributed by atoms with Crippen molar-refractivity contribution in [1.82, 2.24) is 20.0 Å². The second kappa shape index (κ2) is 9.68. The van der Waals surface area contributed by atoms with Crippen LogP contribution in [-0.4, -0.2) is 65.4 Å². The van der Waals surface area contributed by atoms with Gasteiger partial charge in [-0.3, -0.25) is 4.79 Å². The molecule has 10 nitrogen and oxygen atoms in total. The lowest BCUT2D eigenvalue weighted by Crippen LogP contribution is -2.36. The van der Waals surface area contributed by atoms with E-state index in [1.807, 2.05) is 38.1 Å². The maximum atomic E-state index is 12.6. The number of anilines is 2. The average molecular weight is 465 g/mol. The predicted octanol–water partition coefficient (Wildman–Crippen LogP) is 2.46. The van der Waals surface area contributed by atoms with E-state index < -0.39 is 0 Å². The van der Waals surface area contributed by atoms with E-state index in [1.165, 1.54) is 0 Å². The Morgan fingerprint density at radius 3 is 2.47 bits per heavy atom. The lowest BCUT2D eigenvalue weighted by molar-refractivity contribution is -0.116. The number of morpholine rings is 1. The van der Waals surface area contributed by atoms with E-state index >= 15 is 0 Å². The van der Waals surface area contributed by atoms with E-state index in [-0.39, 0.29) is 5.91 Å². The number of amides is 1. The van der Waals surface area contributed by atoms with Gasteiger partial charge in [-0.15, -0.1) is 10.2 Å². The van der Waals surface area contributed by atoms with Crippen LogP contribution in [0.5, 0.6) is 11.5 Å². The van der Waals surface area contributed by atoms with Gasteiger partial charge in [-0.1, -0.05) is 0 Å². The summed E-state index contributed by atoms with van der Waals surface area (Å²) >= 11 is 0. The summed E-state index contributed by atoms with van der Waals surface area (Å²) in [5.41, 5.74) is 3.56. The molecule has 0 radical (unpaired) electrons. The summed E-state index contributed by atoms with van der Waals surface area (Å²) in [6.45, 7) is 8.01. The van der Waals surface area contributed by atoms with E-state index in [4.69, 9.17) is 14.2 Å². The quantitative estimate of drug-likeness (QED) is 0.593. The van der Waals surface area contributed by atoms with Crippen LogP contribution < -0.4 is 19.7 Å². The first-order chi connectivity index (χ1) is 16.6. The highest BCUT2D eigenvalue weighted by Gasteiger charge is 2.18. The standard InChI is InChI=1S/C24H28N6O4/c1-16-19(4-8-24(31)25-18-3-5-20-21(15-18)34-14-13-33-20)17(2)30(28-16)23-7-6-22(26-27-23)29-9-11-32-12-10-29/h3,5-7,15H,4,8-14H2,1-2H3,(H,25,31). The third-order valence-electron chi connectivity index (χ3n) is 6.06. The summed E-state index contributed by atoms with van der Waals surface area (Å²) in [5.74, 6) is 2.77. The lowest BCUT2D eigenvalue weighted by Gasteiger charge is -2.27. The SMILES string of the molecule is Cc1nn(-c2ccc(N3CCOCC3)nn2)c(C)c1CCC(=O)Nc1ccc2c(c1)OCCO2. The zero-order chi connectivity index (χ0) is 23.5. The summed E-state index contributed by atoms with van der Waals surface area (Å²) < 4.78 is 18.3. The van der Waals surface area contributed by atoms with Gasteiger partial charge in [0.25, 0.3) is 0 Å². The van der Waals surface area contributed by atoms with Crippen molar-refractivity contribution in [3.8, 4) is 17.3 Å². The maximum Gasteiger partial charge on any atom is 0.224 e. The Hall–Kier alpha value is -3.66.